The number of rotatable bonds is 16. The molecule has 0 amide bonds. The van der Waals surface area contributed by atoms with Gasteiger partial charge >= 0.3 is 0 Å². The summed E-state index contributed by atoms with van der Waals surface area (Å²) in [6.07, 6.45) is 46.9. The van der Waals surface area contributed by atoms with E-state index in [-0.39, 0.29) is 0 Å². The standard InChI is InChI=1S/C13H26.C12H26.C11H22.C6H12.3C2H6/c1-2-3-4-5-7-10-13-11-8-6-9-12-13;1-5-8-10-12(4,7-3)11-9-6-2;1-3-4-8-11(2)9-6-5-7-10-11;1-2-4-6-5-3-1;3*1-2/h13H,2-12H2,1H3;5-11H2,1-4H3;3-10H2,1-2H3;1-6H2;3*1-2H3. The third-order valence-corrected chi connectivity index (χ3v) is 11.3. The van der Waals surface area contributed by atoms with Gasteiger partial charge in [-0.2, -0.15) is 0 Å². The van der Waals surface area contributed by atoms with Gasteiger partial charge in [0.25, 0.3) is 0 Å². The van der Waals surface area contributed by atoms with Crippen molar-refractivity contribution in [1.82, 2.24) is 0 Å². The van der Waals surface area contributed by atoms with Gasteiger partial charge in [-0.1, -0.05) is 263 Å². The summed E-state index contributed by atoms with van der Waals surface area (Å²) < 4.78 is 0. The summed E-state index contributed by atoms with van der Waals surface area (Å²) in [5.41, 5.74) is 1.38. The van der Waals surface area contributed by atoms with Crippen LogP contribution in [0.4, 0.5) is 0 Å². The first-order valence-corrected chi connectivity index (χ1v) is 23.4. The van der Waals surface area contributed by atoms with Crippen molar-refractivity contribution in [3.63, 3.8) is 0 Å². The molecule has 3 saturated carbocycles. The molecule has 0 saturated heterocycles. The molecule has 3 rings (SSSR count). The molecule has 0 atom stereocenters. The van der Waals surface area contributed by atoms with Gasteiger partial charge in [0.1, 0.15) is 0 Å². The molecule has 0 aromatic rings. The maximum atomic E-state index is 2.49. The molecule has 48 heavy (non-hydrogen) atoms. The zero-order valence-corrected chi connectivity index (χ0v) is 37.2. The summed E-state index contributed by atoms with van der Waals surface area (Å²) in [4.78, 5) is 0. The molecule has 0 radical (unpaired) electrons. The van der Waals surface area contributed by atoms with Gasteiger partial charge in [0.15, 0.2) is 0 Å². The first-order valence-electron chi connectivity index (χ1n) is 23.4. The van der Waals surface area contributed by atoms with Crippen molar-refractivity contribution in [2.75, 3.05) is 0 Å². The molecule has 0 bridgehead atoms. The van der Waals surface area contributed by atoms with Crippen LogP contribution in [0.3, 0.4) is 0 Å². The molecule has 0 heterocycles. The Balaban J connectivity index is -0.000000260. The summed E-state index contributed by atoms with van der Waals surface area (Å²) >= 11 is 0. The Morgan fingerprint density at radius 1 is 0.458 bits per heavy atom. The minimum Gasteiger partial charge on any atom is -0.0683 e. The van der Waals surface area contributed by atoms with E-state index in [0.717, 1.165) is 11.3 Å². The van der Waals surface area contributed by atoms with Crippen molar-refractivity contribution in [2.24, 2.45) is 16.7 Å². The molecule has 296 valence electrons. The van der Waals surface area contributed by atoms with E-state index >= 15 is 0 Å². The van der Waals surface area contributed by atoms with Crippen LogP contribution in [0.15, 0.2) is 0 Å². The minimum absolute atomic E-state index is 0.645. The molecule has 3 aliphatic rings. The first kappa shape index (κ1) is 54.8. The minimum atomic E-state index is 0.645. The van der Waals surface area contributed by atoms with Crippen LogP contribution < -0.4 is 0 Å². The van der Waals surface area contributed by atoms with E-state index in [0.29, 0.717) is 5.41 Å². The lowest BCUT2D eigenvalue weighted by Crippen LogP contribution is -2.19. The maximum absolute atomic E-state index is 2.49. The van der Waals surface area contributed by atoms with Gasteiger partial charge in [-0.15, -0.1) is 0 Å². The van der Waals surface area contributed by atoms with Crippen LogP contribution in [-0.4, -0.2) is 0 Å². The highest BCUT2D eigenvalue weighted by molar-refractivity contribution is 4.78. The summed E-state index contributed by atoms with van der Waals surface area (Å²) in [5.74, 6) is 1.11. The highest BCUT2D eigenvalue weighted by Gasteiger charge is 2.25. The molecule has 3 fully saturated rings. The topological polar surface area (TPSA) is 0 Å². The van der Waals surface area contributed by atoms with Crippen LogP contribution in [0.2, 0.25) is 0 Å². The van der Waals surface area contributed by atoms with E-state index in [9.17, 15) is 0 Å². The van der Waals surface area contributed by atoms with Crippen molar-refractivity contribution in [3.05, 3.63) is 0 Å². The lowest BCUT2D eigenvalue weighted by atomic mass is 9.73. The highest BCUT2D eigenvalue weighted by Crippen LogP contribution is 2.39. The van der Waals surface area contributed by atoms with Crippen molar-refractivity contribution < 1.29 is 0 Å². The van der Waals surface area contributed by atoms with Crippen LogP contribution in [0.5, 0.6) is 0 Å². The predicted molar refractivity (Wildman–Crippen MR) is 230 cm³/mol. The Bertz CT molecular complexity index is 483. The molecule has 0 N–H and O–H groups in total. The molecule has 0 heteroatoms. The summed E-state index contributed by atoms with van der Waals surface area (Å²) in [6.45, 7) is 28.4. The van der Waals surface area contributed by atoms with Crippen LogP contribution in [0.1, 0.15) is 295 Å². The third kappa shape index (κ3) is 38.8. The average molecular weight is 681 g/mol. The molecule has 0 aromatic heterocycles. The summed E-state index contributed by atoms with van der Waals surface area (Å²) in [5, 5.41) is 0. The average Bonchev–Trinajstić information content (AvgIpc) is 3.17. The van der Waals surface area contributed by atoms with Gasteiger partial charge in [-0.25, -0.2) is 0 Å². The Hall–Kier alpha value is 0. The molecule has 0 aliphatic heterocycles. The highest BCUT2D eigenvalue weighted by atomic mass is 14.3. The zero-order chi connectivity index (χ0) is 37.2. The number of hydrogen-bond acceptors (Lipinski definition) is 0. The second kappa shape index (κ2) is 45.0. The molecule has 0 aromatic carbocycles. The van der Waals surface area contributed by atoms with Crippen LogP contribution in [-0.2, 0) is 0 Å². The van der Waals surface area contributed by atoms with Gasteiger partial charge in [0, 0.05) is 0 Å². The second-order valence-electron chi connectivity index (χ2n) is 15.7. The van der Waals surface area contributed by atoms with E-state index in [1.807, 2.05) is 41.5 Å². The van der Waals surface area contributed by atoms with E-state index in [4.69, 9.17) is 0 Å². The predicted octanol–water partition coefficient (Wildman–Crippen LogP) is 19.3. The number of unbranched alkanes of at least 4 members (excludes halogenated alkanes) is 7. The fourth-order valence-electron chi connectivity index (χ4n) is 7.52. The van der Waals surface area contributed by atoms with Crippen LogP contribution in [0, 0.1) is 16.7 Å². The normalized spacial score (nSPS) is 16.9. The summed E-state index contributed by atoms with van der Waals surface area (Å²) in [7, 11) is 0. The van der Waals surface area contributed by atoms with Crippen molar-refractivity contribution in [3.8, 4) is 0 Å². The lowest BCUT2D eigenvalue weighted by molar-refractivity contribution is 0.194. The van der Waals surface area contributed by atoms with Gasteiger partial charge in [0.05, 0.1) is 0 Å². The van der Waals surface area contributed by atoms with Crippen molar-refractivity contribution >= 4 is 0 Å². The Morgan fingerprint density at radius 3 is 1.23 bits per heavy atom. The molecule has 3 aliphatic carbocycles. The van der Waals surface area contributed by atoms with E-state index in [2.05, 4.69) is 48.5 Å². The van der Waals surface area contributed by atoms with E-state index < -0.39 is 0 Å². The SMILES string of the molecule is C1CCCCC1.CC.CC.CC.CCCCC(C)(CC)CCCC.CCCCC1(C)CCCCC1.CCCCCCCC1CCCCC1. The molecule has 0 unspecified atom stereocenters. The third-order valence-electron chi connectivity index (χ3n) is 11.3. The smallest absolute Gasteiger partial charge is 0.0326 e. The first-order chi connectivity index (χ1) is 23.4. The summed E-state index contributed by atoms with van der Waals surface area (Å²) in [6, 6.07) is 0. The van der Waals surface area contributed by atoms with Gasteiger partial charge in [-0.3, -0.25) is 0 Å². The van der Waals surface area contributed by atoms with E-state index in [1.165, 1.54) is 205 Å². The van der Waals surface area contributed by atoms with Gasteiger partial charge < -0.3 is 0 Å². The van der Waals surface area contributed by atoms with Gasteiger partial charge in [0.2, 0.25) is 0 Å². The zero-order valence-electron chi connectivity index (χ0n) is 37.2. The Kier molecular flexibility index (Phi) is 51.4. The van der Waals surface area contributed by atoms with Crippen molar-refractivity contribution in [1.29, 1.82) is 0 Å². The van der Waals surface area contributed by atoms with Crippen molar-refractivity contribution in [2.45, 2.75) is 295 Å². The Morgan fingerprint density at radius 2 is 0.833 bits per heavy atom. The fraction of sp³-hybridized carbons (Fsp3) is 1.00. The van der Waals surface area contributed by atoms with Gasteiger partial charge in [-0.05, 0) is 48.9 Å². The largest absolute Gasteiger partial charge is 0.0683 e. The van der Waals surface area contributed by atoms with E-state index in [1.54, 1.807) is 0 Å². The molecular weight excluding hydrogens is 577 g/mol. The molecular formula is C48H104. The molecule has 0 nitrogen and oxygen atoms in total. The molecule has 0 spiro atoms. The monoisotopic (exact) mass is 681 g/mol. The maximum Gasteiger partial charge on any atom is -0.0326 e. The number of hydrogen-bond donors (Lipinski definition) is 0. The Labute approximate surface area is 311 Å². The fourth-order valence-corrected chi connectivity index (χ4v) is 7.52. The quantitative estimate of drug-likeness (QED) is 0.142. The second-order valence-corrected chi connectivity index (χ2v) is 15.7. The van der Waals surface area contributed by atoms with Crippen LogP contribution >= 0.6 is 0 Å². The van der Waals surface area contributed by atoms with Crippen LogP contribution in [0.25, 0.3) is 0 Å². The lowest BCUT2D eigenvalue weighted by Gasteiger charge is -2.33.